The van der Waals surface area contributed by atoms with Gasteiger partial charge in [0.2, 0.25) is 0 Å². The van der Waals surface area contributed by atoms with Gasteiger partial charge in [0.15, 0.2) is 10.8 Å². The van der Waals surface area contributed by atoms with Crippen molar-refractivity contribution in [3.63, 3.8) is 0 Å². The minimum absolute atomic E-state index is 0.464. The Kier molecular flexibility index (Phi) is 3.61. The van der Waals surface area contributed by atoms with Gasteiger partial charge in [-0.05, 0) is 23.3 Å². The molecular weight excluding hydrogens is 277 g/mol. The van der Waals surface area contributed by atoms with E-state index in [9.17, 15) is 22.5 Å². The standard InChI is InChI=1S/C13H9F3O2S/c14-13(15,16)19(18)12-8-10(6-7-11(12)17)9-4-2-1-3-5-9/h1-8,17H. The van der Waals surface area contributed by atoms with E-state index in [4.69, 9.17) is 0 Å². The number of hydrogen-bond acceptors (Lipinski definition) is 2. The second-order valence-corrected chi connectivity index (χ2v) is 5.20. The number of rotatable bonds is 2. The molecule has 6 heteroatoms. The molecule has 1 unspecified atom stereocenters. The lowest BCUT2D eigenvalue weighted by molar-refractivity contribution is -0.0385. The highest BCUT2D eigenvalue weighted by Crippen LogP contribution is 2.34. The zero-order valence-corrected chi connectivity index (χ0v) is 10.3. The predicted molar refractivity (Wildman–Crippen MR) is 66.0 cm³/mol. The van der Waals surface area contributed by atoms with E-state index >= 15 is 0 Å². The molecule has 19 heavy (non-hydrogen) atoms. The molecule has 0 aliphatic rings. The first-order valence-corrected chi connectivity index (χ1v) is 6.41. The van der Waals surface area contributed by atoms with Crippen molar-refractivity contribution in [2.75, 3.05) is 0 Å². The van der Waals surface area contributed by atoms with Crippen LogP contribution in [0.3, 0.4) is 0 Å². The molecule has 1 atom stereocenters. The number of hydrogen-bond donors (Lipinski definition) is 1. The summed E-state index contributed by atoms with van der Waals surface area (Å²) in [6.07, 6.45) is 0. The van der Waals surface area contributed by atoms with Crippen molar-refractivity contribution < 1.29 is 22.5 Å². The molecule has 100 valence electrons. The fourth-order valence-electron chi connectivity index (χ4n) is 1.60. The maximum Gasteiger partial charge on any atom is 0.475 e. The van der Waals surface area contributed by atoms with Crippen LogP contribution in [-0.4, -0.2) is 14.8 Å². The topological polar surface area (TPSA) is 37.3 Å². The Hall–Kier alpha value is -1.82. The SMILES string of the molecule is O=S(c1cc(-c2ccccc2)ccc1O)C(F)(F)F. The highest BCUT2D eigenvalue weighted by Gasteiger charge is 2.39. The lowest BCUT2D eigenvalue weighted by atomic mass is 10.1. The van der Waals surface area contributed by atoms with Crippen molar-refractivity contribution in [3.8, 4) is 16.9 Å². The van der Waals surface area contributed by atoms with Crippen molar-refractivity contribution >= 4 is 10.8 Å². The molecular formula is C13H9F3O2S. The molecule has 1 N–H and O–H groups in total. The molecule has 0 saturated heterocycles. The van der Waals surface area contributed by atoms with E-state index in [-0.39, 0.29) is 0 Å². The van der Waals surface area contributed by atoms with Gasteiger partial charge < -0.3 is 5.11 Å². The summed E-state index contributed by atoms with van der Waals surface area (Å²) in [5, 5.41) is 9.42. The molecule has 2 nitrogen and oxygen atoms in total. The van der Waals surface area contributed by atoms with E-state index < -0.39 is 27.0 Å². The van der Waals surface area contributed by atoms with Gasteiger partial charge in [0, 0.05) is 0 Å². The zero-order valence-electron chi connectivity index (χ0n) is 9.52. The Bertz CT molecular complexity index is 609. The van der Waals surface area contributed by atoms with Gasteiger partial charge in [-0.1, -0.05) is 36.4 Å². The Morgan fingerprint density at radius 3 is 2.16 bits per heavy atom. The minimum atomic E-state index is -4.90. The molecule has 0 aliphatic heterocycles. The second-order valence-electron chi connectivity index (χ2n) is 3.76. The summed E-state index contributed by atoms with van der Waals surface area (Å²) in [4.78, 5) is -0.631. The highest BCUT2D eigenvalue weighted by atomic mass is 32.2. The molecule has 2 aromatic carbocycles. The zero-order chi connectivity index (χ0) is 14.0. The van der Waals surface area contributed by atoms with E-state index in [1.165, 1.54) is 6.07 Å². The number of phenols is 1. The highest BCUT2D eigenvalue weighted by molar-refractivity contribution is 7.86. The maximum atomic E-state index is 12.4. The molecule has 0 spiro atoms. The molecule has 0 amide bonds. The van der Waals surface area contributed by atoms with Crippen LogP contribution in [0.15, 0.2) is 53.4 Å². The summed E-state index contributed by atoms with van der Waals surface area (Å²) in [6, 6.07) is 12.4. The minimum Gasteiger partial charge on any atom is -0.507 e. The smallest absolute Gasteiger partial charge is 0.475 e. The Labute approximate surface area is 110 Å². The third-order valence-electron chi connectivity index (χ3n) is 2.48. The van der Waals surface area contributed by atoms with Crippen LogP contribution >= 0.6 is 0 Å². The third-order valence-corrected chi connectivity index (χ3v) is 3.62. The van der Waals surface area contributed by atoms with E-state index in [2.05, 4.69) is 0 Å². The van der Waals surface area contributed by atoms with Gasteiger partial charge in [0.1, 0.15) is 5.75 Å². The number of benzene rings is 2. The normalized spacial score (nSPS) is 13.2. The first-order chi connectivity index (χ1) is 8.89. The van der Waals surface area contributed by atoms with Gasteiger partial charge in [0.05, 0.1) is 4.90 Å². The number of alkyl halides is 3. The van der Waals surface area contributed by atoms with Gasteiger partial charge in [-0.2, -0.15) is 13.2 Å². The number of halogens is 3. The quantitative estimate of drug-likeness (QED) is 0.914. The van der Waals surface area contributed by atoms with Crippen molar-refractivity contribution in [1.82, 2.24) is 0 Å². The second kappa shape index (κ2) is 5.05. The number of aromatic hydroxyl groups is 1. The molecule has 0 radical (unpaired) electrons. The fraction of sp³-hybridized carbons (Fsp3) is 0.0769. The molecule has 0 bridgehead atoms. The van der Waals surface area contributed by atoms with Crippen LogP contribution in [0.5, 0.6) is 5.75 Å². The lowest BCUT2D eigenvalue weighted by Gasteiger charge is -2.10. The van der Waals surface area contributed by atoms with E-state index in [0.29, 0.717) is 11.1 Å². The van der Waals surface area contributed by atoms with Gasteiger partial charge in [-0.15, -0.1) is 0 Å². The summed E-state index contributed by atoms with van der Waals surface area (Å²) in [6.45, 7) is 0. The van der Waals surface area contributed by atoms with Crippen LogP contribution in [0.4, 0.5) is 13.2 Å². The lowest BCUT2D eigenvalue weighted by Crippen LogP contribution is -2.16. The summed E-state index contributed by atoms with van der Waals surface area (Å²) in [7, 11) is -3.25. The van der Waals surface area contributed by atoms with Gasteiger partial charge in [-0.25, -0.2) is 4.21 Å². The molecule has 2 aromatic rings. The van der Waals surface area contributed by atoms with E-state index in [1.807, 2.05) is 0 Å². The van der Waals surface area contributed by atoms with Crippen LogP contribution in [0.25, 0.3) is 11.1 Å². The predicted octanol–water partition coefficient (Wildman–Crippen LogP) is 3.69. The Balaban J connectivity index is 2.50. The Morgan fingerprint density at radius 2 is 1.58 bits per heavy atom. The van der Waals surface area contributed by atoms with Crippen molar-refractivity contribution in [2.45, 2.75) is 10.4 Å². The monoisotopic (exact) mass is 286 g/mol. The maximum absolute atomic E-state index is 12.4. The summed E-state index contributed by atoms with van der Waals surface area (Å²) < 4.78 is 48.6. The molecule has 0 saturated carbocycles. The fourth-order valence-corrected chi connectivity index (χ4v) is 2.34. The molecule has 0 heterocycles. The molecule has 0 aliphatic carbocycles. The largest absolute Gasteiger partial charge is 0.507 e. The summed E-state index contributed by atoms with van der Waals surface area (Å²) in [5.74, 6) is -0.629. The number of phenolic OH excluding ortho intramolecular Hbond substituents is 1. The van der Waals surface area contributed by atoms with Crippen LogP contribution in [0.2, 0.25) is 0 Å². The van der Waals surface area contributed by atoms with Crippen molar-refractivity contribution in [3.05, 3.63) is 48.5 Å². The van der Waals surface area contributed by atoms with Crippen LogP contribution in [0.1, 0.15) is 0 Å². The average molecular weight is 286 g/mol. The molecule has 0 fully saturated rings. The van der Waals surface area contributed by atoms with Gasteiger partial charge in [0.25, 0.3) is 0 Å². The summed E-state index contributed by atoms with van der Waals surface area (Å²) >= 11 is 0. The van der Waals surface area contributed by atoms with Crippen LogP contribution < -0.4 is 0 Å². The van der Waals surface area contributed by atoms with E-state index in [1.54, 1.807) is 30.3 Å². The first kappa shape index (κ1) is 13.6. The van der Waals surface area contributed by atoms with Crippen molar-refractivity contribution in [1.29, 1.82) is 0 Å². The average Bonchev–Trinajstić information content (AvgIpc) is 2.38. The molecule has 0 aromatic heterocycles. The third kappa shape index (κ3) is 2.96. The van der Waals surface area contributed by atoms with Gasteiger partial charge in [-0.3, -0.25) is 0 Å². The van der Waals surface area contributed by atoms with Gasteiger partial charge >= 0.3 is 5.51 Å². The van der Waals surface area contributed by atoms with E-state index in [0.717, 1.165) is 12.1 Å². The van der Waals surface area contributed by atoms with Crippen LogP contribution in [-0.2, 0) is 10.8 Å². The first-order valence-electron chi connectivity index (χ1n) is 5.26. The molecule has 2 rings (SSSR count). The Morgan fingerprint density at radius 1 is 0.947 bits per heavy atom. The van der Waals surface area contributed by atoms with Crippen LogP contribution in [0, 0.1) is 0 Å². The van der Waals surface area contributed by atoms with Crippen molar-refractivity contribution in [2.24, 2.45) is 0 Å². The summed E-state index contributed by atoms with van der Waals surface area (Å²) in [5.41, 5.74) is -3.75.